The first kappa shape index (κ1) is 13.8. The Bertz CT molecular complexity index is 554. The van der Waals surface area contributed by atoms with Crippen LogP contribution in [0.3, 0.4) is 0 Å². The molecule has 2 atom stereocenters. The van der Waals surface area contributed by atoms with Crippen molar-refractivity contribution < 1.29 is 9.15 Å². The zero-order valence-corrected chi connectivity index (χ0v) is 12.9. The number of aromatic nitrogens is 1. The molecule has 20 heavy (non-hydrogen) atoms. The van der Waals surface area contributed by atoms with Gasteiger partial charge in [-0.25, -0.2) is 4.98 Å². The van der Waals surface area contributed by atoms with Gasteiger partial charge in [0.1, 0.15) is 5.76 Å². The van der Waals surface area contributed by atoms with E-state index in [1.807, 2.05) is 24.4 Å². The van der Waals surface area contributed by atoms with Crippen LogP contribution in [0.25, 0.3) is 10.8 Å². The third kappa shape index (κ3) is 2.95. The molecule has 2 aromatic rings. The summed E-state index contributed by atoms with van der Waals surface area (Å²) < 4.78 is 11.6. The van der Waals surface area contributed by atoms with Gasteiger partial charge >= 0.3 is 0 Å². The van der Waals surface area contributed by atoms with Gasteiger partial charge in [-0.05, 0) is 32.2 Å². The molecular formula is C15H20N2O2S. The van der Waals surface area contributed by atoms with E-state index in [1.165, 1.54) is 0 Å². The molecule has 0 unspecified atom stereocenters. The molecule has 0 saturated carbocycles. The van der Waals surface area contributed by atoms with E-state index in [2.05, 4.69) is 23.7 Å². The highest BCUT2D eigenvalue weighted by molar-refractivity contribution is 7.13. The first-order chi connectivity index (χ1) is 9.61. The molecule has 1 aliphatic rings. The van der Waals surface area contributed by atoms with E-state index in [9.17, 15) is 0 Å². The van der Waals surface area contributed by atoms with E-state index in [-0.39, 0.29) is 12.2 Å². The fraction of sp³-hybridized carbons (Fsp3) is 0.533. The largest absolute Gasteiger partial charge is 0.440 e. The molecule has 1 saturated heterocycles. The monoisotopic (exact) mass is 292 g/mol. The van der Waals surface area contributed by atoms with Crippen LogP contribution in [0.2, 0.25) is 0 Å². The van der Waals surface area contributed by atoms with Crippen molar-refractivity contribution in [2.75, 3.05) is 13.1 Å². The van der Waals surface area contributed by atoms with Crippen molar-refractivity contribution >= 4 is 11.3 Å². The Hall–Kier alpha value is -1.17. The number of thiophene rings is 1. The van der Waals surface area contributed by atoms with Gasteiger partial charge in [0.2, 0.25) is 5.89 Å². The van der Waals surface area contributed by atoms with Crippen molar-refractivity contribution in [3.8, 4) is 10.8 Å². The Kier molecular flexibility index (Phi) is 3.92. The van der Waals surface area contributed by atoms with Crippen molar-refractivity contribution in [2.45, 2.75) is 39.5 Å². The third-order valence-corrected chi connectivity index (χ3v) is 4.35. The molecule has 0 N–H and O–H groups in total. The number of ether oxygens (including phenoxy) is 1. The smallest absolute Gasteiger partial charge is 0.236 e. The van der Waals surface area contributed by atoms with Crippen molar-refractivity contribution in [3.05, 3.63) is 29.0 Å². The molecular weight excluding hydrogens is 272 g/mol. The predicted octanol–water partition coefficient (Wildman–Crippen LogP) is 3.32. The highest BCUT2D eigenvalue weighted by atomic mass is 32.1. The molecule has 2 aromatic heterocycles. The van der Waals surface area contributed by atoms with Crippen molar-refractivity contribution in [3.63, 3.8) is 0 Å². The molecule has 5 heteroatoms. The van der Waals surface area contributed by atoms with E-state index >= 15 is 0 Å². The standard InChI is InChI=1S/C15H20N2O2S/c1-10-7-17(8-11(2)18-10)9-13-12(3)19-15(16-13)14-5-4-6-20-14/h4-6,10-11H,7-9H2,1-3H3/t10-,11+. The Balaban J connectivity index is 1.74. The quantitative estimate of drug-likeness (QED) is 0.870. The second-order valence-corrected chi connectivity index (χ2v) is 6.40. The van der Waals surface area contributed by atoms with Crippen LogP contribution in [0, 0.1) is 6.92 Å². The second-order valence-electron chi connectivity index (χ2n) is 5.45. The molecule has 0 aliphatic carbocycles. The Morgan fingerprint density at radius 2 is 2.10 bits per heavy atom. The maximum atomic E-state index is 5.80. The van der Waals surface area contributed by atoms with Gasteiger partial charge in [0, 0.05) is 19.6 Å². The zero-order chi connectivity index (χ0) is 14.1. The lowest BCUT2D eigenvalue weighted by Crippen LogP contribution is -2.44. The first-order valence-electron chi connectivity index (χ1n) is 7.00. The number of aryl methyl sites for hydroxylation is 1. The summed E-state index contributed by atoms with van der Waals surface area (Å²) in [5, 5.41) is 2.04. The van der Waals surface area contributed by atoms with Crippen LogP contribution in [-0.2, 0) is 11.3 Å². The van der Waals surface area contributed by atoms with Crippen LogP contribution in [0.4, 0.5) is 0 Å². The molecule has 4 nitrogen and oxygen atoms in total. The van der Waals surface area contributed by atoms with Gasteiger partial charge < -0.3 is 9.15 Å². The minimum atomic E-state index is 0.280. The maximum absolute atomic E-state index is 5.80. The lowest BCUT2D eigenvalue weighted by Gasteiger charge is -2.34. The molecule has 0 radical (unpaired) electrons. The molecule has 3 heterocycles. The predicted molar refractivity (Wildman–Crippen MR) is 79.8 cm³/mol. The number of hydrogen-bond acceptors (Lipinski definition) is 5. The lowest BCUT2D eigenvalue weighted by atomic mass is 10.2. The van der Waals surface area contributed by atoms with Crippen LogP contribution in [0.15, 0.2) is 21.9 Å². The van der Waals surface area contributed by atoms with E-state index in [0.29, 0.717) is 0 Å². The summed E-state index contributed by atoms with van der Waals surface area (Å²) in [6, 6.07) is 4.06. The second kappa shape index (κ2) is 5.68. The SMILES string of the molecule is Cc1oc(-c2cccs2)nc1CN1C[C@@H](C)O[C@@H](C)C1. The number of hydrogen-bond donors (Lipinski definition) is 0. The molecule has 1 aliphatic heterocycles. The molecule has 1 fully saturated rings. The first-order valence-corrected chi connectivity index (χ1v) is 7.88. The van der Waals surface area contributed by atoms with Crippen LogP contribution < -0.4 is 0 Å². The summed E-state index contributed by atoms with van der Waals surface area (Å²) in [7, 11) is 0. The molecule has 0 spiro atoms. The van der Waals surface area contributed by atoms with Gasteiger partial charge in [-0.2, -0.15) is 0 Å². The fourth-order valence-electron chi connectivity index (χ4n) is 2.71. The average Bonchev–Trinajstić information content (AvgIpc) is 2.98. The van der Waals surface area contributed by atoms with Gasteiger partial charge in [0.25, 0.3) is 0 Å². The molecule has 0 bridgehead atoms. The van der Waals surface area contributed by atoms with Crippen LogP contribution >= 0.6 is 11.3 Å². The summed E-state index contributed by atoms with van der Waals surface area (Å²) in [5.74, 6) is 1.65. The highest BCUT2D eigenvalue weighted by Gasteiger charge is 2.24. The van der Waals surface area contributed by atoms with Crippen molar-refractivity contribution in [1.29, 1.82) is 0 Å². The van der Waals surface area contributed by atoms with Gasteiger partial charge in [-0.15, -0.1) is 11.3 Å². The number of rotatable bonds is 3. The van der Waals surface area contributed by atoms with E-state index in [0.717, 1.165) is 41.9 Å². The number of oxazole rings is 1. The molecule has 3 rings (SSSR count). The van der Waals surface area contributed by atoms with Crippen LogP contribution in [0.5, 0.6) is 0 Å². The molecule has 0 aromatic carbocycles. The average molecular weight is 292 g/mol. The van der Waals surface area contributed by atoms with Gasteiger partial charge in [-0.1, -0.05) is 6.07 Å². The molecule has 0 amide bonds. The van der Waals surface area contributed by atoms with Crippen molar-refractivity contribution in [1.82, 2.24) is 9.88 Å². The minimum Gasteiger partial charge on any atom is -0.440 e. The number of morpholine rings is 1. The highest BCUT2D eigenvalue weighted by Crippen LogP contribution is 2.26. The summed E-state index contributed by atoms with van der Waals surface area (Å²) in [4.78, 5) is 8.13. The van der Waals surface area contributed by atoms with E-state index < -0.39 is 0 Å². The van der Waals surface area contributed by atoms with Crippen molar-refractivity contribution in [2.24, 2.45) is 0 Å². The third-order valence-electron chi connectivity index (χ3n) is 3.49. The van der Waals surface area contributed by atoms with E-state index in [1.54, 1.807) is 11.3 Å². The topological polar surface area (TPSA) is 38.5 Å². The summed E-state index contributed by atoms with van der Waals surface area (Å²) in [6.45, 7) is 8.96. The Morgan fingerprint density at radius 1 is 1.35 bits per heavy atom. The summed E-state index contributed by atoms with van der Waals surface area (Å²) in [6.07, 6.45) is 0.561. The lowest BCUT2D eigenvalue weighted by molar-refractivity contribution is -0.0708. The van der Waals surface area contributed by atoms with Gasteiger partial charge in [-0.3, -0.25) is 4.90 Å². The summed E-state index contributed by atoms with van der Waals surface area (Å²) in [5.41, 5.74) is 1.04. The van der Waals surface area contributed by atoms with Crippen LogP contribution in [-0.4, -0.2) is 35.2 Å². The normalized spacial score (nSPS) is 24.1. The van der Waals surface area contributed by atoms with Gasteiger partial charge in [0.15, 0.2) is 0 Å². The molecule has 108 valence electrons. The Labute approximate surface area is 123 Å². The Morgan fingerprint density at radius 3 is 2.75 bits per heavy atom. The summed E-state index contributed by atoms with van der Waals surface area (Å²) >= 11 is 1.66. The minimum absolute atomic E-state index is 0.280. The maximum Gasteiger partial charge on any atom is 0.236 e. The van der Waals surface area contributed by atoms with Crippen LogP contribution in [0.1, 0.15) is 25.3 Å². The fourth-order valence-corrected chi connectivity index (χ4v) is 3.35. The number of nitrogens with zero attached hydrogens (tertiary/aromatic N) is 2. The zero-order valence-electron chi connectivity index (χ0n) is 12.1. The van der Waals surface area contributed by atoms with E-state index in [4.69, 9.17) is 9.15 Å². The van der Waals surface area contributed by atoms with Gasteiger partial charge in [0.05, 0.1) is 22.8 Å².